The third-order valence-corrected chi connectivity index (χ3v) is 6.91. The summed E-state index contributed by atoms with van der Waals surface area (Å²) >= 11 is 0. The van der Waals surface area contributed by atoms with E-state index in [0.717, 1.165) is 23.4 Å². The predicted molar refractivity (Wildman–Crippen MR) is 106 cm³/mol. The molecule has 0 saturated heterocycles. The molecule has 0 saturated carbocycles. The van der Waals surface area contributed by atoms with Gasteiger partial charge in [-0.25, -0.2) is 8.42 Å². The van der Waals surface area contributed by atoms with Crippen molar-refractivity contribution in [3.8, 4) is 0 Å². The van der Waals surface area contributed by atoms with Gasteiger partial charge in [0.2, 0.25) is 10.0 Å². The Hall–Kier alpha value is -2.26. The second-order valence-electron chi connectivity index (χ2n) is 7.00. The van der Waals surface area contributed by atoms with Crippen molar-refractivity contribution in [3.63, 3.8) is 0 Å². The van der Waals surface area contributed by atoms with E-state index < -0.39 is 10.0 Å². The molecule has 0 fully saturated rings. The minimum absolute atomic E-state index is 0.179. The molecule has 1 aliphatic rings. The van der Waals surface area contributed by atoms with Gasteiger partial charge < -0.3 is 5.32 Å². The van der Waals surface area contributed by atoms with Crippen molar-refractivity contribution in [2.45, 2.75) is 39.2 Å². The monoisotopic (exact) mass is 405 g/mol. The molecule has 3 rings (SSSR count). The van der Waals surface area contributed by atoms with Gasteiger partial charge in [-0.15, -0.1) is 0 Å². The van der Waals surface area contributed by atoms with E-state index in [9.17, 15) is 13.2 Å². The van der Waals surface area contributed by atoms with E-state index in [1.165, 1.54) is 6.20 Å². The molecule has 0 aromatic carbocycles. The van der Waals surface area contributed by atoms with E-state index in [-0.39, 0.29) is 11.7 Å². The van der Waals surface area contributed by atoms with Crippen molar-refractivity contribution in [1.29, 1.82) is 0 Å². The lowest BCUT2D eigenvalue weighted by Gasteiger charge is -2.27. The van der Waals surface area contributed by atoms with Gasteiger partial charge in [-0.05, 0) is 18.6 Å². The summed E-state index contributed by atoms with van der Waals surface area (Å²) in [6.45, 7) is 3.28. The summed E-state index contributed by atoms with van der Waals surface area (Å²) < 4.78 is 28.5. The number of aryl methyl sites for hydroxylation is 1. The molecule has 28 heavy (non-hydrogen) atoms. The van der Waals surface area contributed by atoms with Crippen LogP contribution in [-0.2, 0) is 36.5 Å². The smallest absolute Gasteiger partial charge is 0.252 e. The lowest BCUT2D eigenvalue weighted by molar-refractivity contribution is 0.0953. The molecule has 8 nitrogen and oxygen atoms in total. The molecular formula is C19H27N5O3S. The van der Waals surface area contributed by atoms with Crippen molar-refractivity contribution in [1.82, 2.24) is 24.4 Å². The van der Waals surface area contributed by atoms with Crippen LogP contribution in [0.2, 0.25) is 0 Å². The molecule has 0 bridgehead atoms. The summed E-state index contributed by atoms with van der Waals surface area (Å²) in [5.74, 6) is 0.0111. The van der Waals surface area contributed by atoms with Crippen LogP contribution in [-0.4, -0.2) is 52.2 Å². The molecule has 0 aliphatic carbocycles. The standard InChI is InChI=1S/C19H27N5O3S/c1-3-4-12-28(26,27)24-11-8-18-16(14-24)17(22-23(18)2)7-10-21-19(25)15-6-5-9-20-13-15/h5-6,9,13H,3-4,7-8,10-12,14H2,1-2H3,(H,21,25). The summed E-state index contributed by atoms with van der Waals surface area (Å²) in [7, 11) is -1.36. The van der Waals surface area contributed by atoms with E-state index in [0.29, 0.717) is 44.5 Å². The second-order valence-corrected chi connectivity index (χ2v) is 9.08. The zero-order valence-corrected chi connectivity index (χ0v) is 17.2. The van der Waals surface area contributed by atoms with E-state index in [1.807, 2.05) is 18.7 Å². The highest BCUT2D eigenvalue weighted by Crippen LogP contribution is 2.24. The van der Waals surface area contributed by atoms with Gasteiger partial charge in [-0.2, -0.15) is 9.40 Å². The van der Waals surface area contributed by atoms with Crippen molar-refractivity contribution >= 4 is 15.9 Å². The Balaban J connectivity index is 1.66. The Labute approximate surface area is 166 Å². The molecule has 1 aliphatic heterocycles. The number of hydrogen-bond acceptors (Lipinski definition) is 5. The lowest BCUT2D eigenvalue weighted by atomic mass is 10.1. The Bertz CT molecular complexity index is 925. The SMILES string of the molecule is CCCCS(=O)(=O)N1CCc2c(c(CCNC(=O)c3cccnc3)nn2C)C1. The Morgan fingerprint density at radius 2 is 2.18 bits per heavy atom. The first-order valence-corrected chi connectivity index (χ1v) is 11.2. The van der Waals surface area contributed by atoms with Gasteiger partial charge >= 0.3 is 0 Å². The van der Waals surface area contributed by atoms with Gasteiger partial charge in [-0.3, -0.25) is 14.5 Å². The van der Waals surface area contributed by atoms with Gasteiger partial charge in [0.25, 0.3) is 5.91 Å². The average molecular weight is 406 g/mol. The summed E-state index contributed by atoms with van der Waals surface area (Å²) in [4.78, 5) is 16.1. The number of carbonyl (C=O) groups excluding carboxylic acids is 1. The Morgan fingerprint density at radius 1 is 1.36 bits per heavy atom. The fraction of sp³-hybridized carbons (Fsp3) is 0.526. The van der Waals surface area contributed by atoms with Crippen LogP contribution in [0.25, 0.3) is 0 Å². The van der Waals surface area contributed by atoms with Crippen molar-refractivity contribution in [2.75, 3.05) is 18.8 Å². The van der Waals surface area contributed by atoms with Gasteiger partial charge in [-0.1, -0.05) is 13.3 Å². The molecule has 3 heterocycles. The van der Waals surface area contributed by atoms with Crippen LogP contribution in [0.4, 0.5) is 0 Å². The number of sulfonamides is 1. The maximum absolute atomic E-state index is 12.6. The van der Waals surface area contributed by atoms with Crippen LogP contribution in [0.5, 0.6) is 0 Å². The van der Waals surface area contributed by atoms with Crippen molar-refractivity contribution < 1.29 is 13.2 Å². The average Bonchev–Trinajstić information content (AvgIpc) is 3.02. The lowest BCUT2D eigenvalue weighted by Crippen LogP contribution is -2.38. The van der Waals surface area contributed by atoms with Gasteiger partial charge in [0.15, 0.2) is 0 Å². The molecular weight excluding hydrogens is 378 g/mol. The van der Waals surface area contributed by atoms with E-state index in [4.69, 9.17) is 0 Å². The highest BCUT2D eigenvalue weighted by Gasteiger charge is 2.30. The van der Waals surface area contributed by atoms with Crippen LogP contribution < -0.4 is 5.32 Å². The van der Waals surface area contributed by atoms with Crippen molar-refractivity contribution in [3.05, 3.63) is 47.0 Å². The number of aromatic nitrogens is 3. The fourth-order valence-electron chi connectivity index (χ4n) is 3.43. The number of carbonyl (C=O) groups is 1. The third-order valence-electron chi connectivity index (χ3n) is 5.01. The number of unbranched alkanes of at least 4 members (excludes halogenated alkanes) is 1. The fourth-order valence-corrected chi connectivity index (χ4v) is 5.04. The van der Waals surface area contributed by atoms with Crippen LogP contribution in [0.3, 0.4) is 0 Å². The van der Waals surface area contributed by atoms with Crippen LogP contribution in [0.15, 0.2) is 24.5 Å². The van der Waals surface area contributed by atoms with Crippen LogP contribution in [0, 0.1) is 0 Å². The molecule has 9 heteroatoms. The van der Waals surface area contributed by atoms with Gasteiger partial charge in [0.05, 0.1) is 17.0 Å². The number of fused-ring (bicyclic) bond motifs is 1. The van der Waals surface area contributed by atoms with E-state index in [2.05, 4.69) is 15.4 Å². The van der Waals surface area contributed by atoms with E-state index >= 15 is 0 Å². The van der Waals surface area contributed by atoms with Crippen LogP contribution >= 0.6 is 0 Å². The predicted octanol–water partition coefficient (Wildman–Crippen LogP) is 1.28. The molecule has 2 aromatic heterocycles. The first-order chi connectivity index (χ1) is 13.4. The minimum atomic E-state index is -3.25. The molecule has 2 aromatic rings. The first-order valence-electron chi connectivity index (χ1n) is 9.62. The molecule has 152 valence electrons. The topological polar surface area (TPSA) is 97.2 Å². The summed E-state index contributed by atoms with van der Waals surface area (Å²) in [5.41, 5.74) is 3.41. The van der Waals surface area contributed by atoms with E-state index in [1.54, 1.807) is 22.6 Å². The quantitative estimate of drug-likeness (QED) is 0.713. The number of rotatable bonds is 8. The summed E-state index contributed by atoms with van der Waals surface area (Å²) in [6, 6.07) is 3.43. The Kier molecular flexibility index (Phi) is 6.46. The highest BCUT2D eigenvalue weighted by atomic mass is 32.2. The maximum atomic E-state index is 12.6. The number of amides is 1. The van der Waals surface area contributed by atoms with Crippen LogP contribution in [0.1, 0.15) is 47.1 Å². The zero-order chi connectivity index (χ0) is 20.1. The minimum Gasteiger partial charge on any atom is -0.352 e. The number of nitrogens with one attached hydrogen (secondary N) is 1. The molecule has 0 radical (unpaired) electrons. The normalized spacial score (nSPS) is 14.6. The summed E-state index contributed by atoms with van der Waals surface area (Å²) in [6.07, 6.45) is 5.89. The molecule has 0 atom stereocenters. The largest absolute Gasteiger partial charge is 0.352 e. The van der Waals surface area contributed by atoms with Gasteiger partial charge in [0.1, 0.15) is 0 Å². The number of pyridine rings is 1. The summed E-state index contributed by atoms with van der Waals surface area (Å²) in [5, 5.41) is 7.44. The maximum Gasteiger partial charge on any atom is 0.252 e. The highest BCUT2D eigenvalue weighted by molar-refractivity contribution is 7.89. The molecule has 0 spiro atoms. The van der Waals surface area contributed by atoms with Gasteiger partial charge in [0, 0.05) is 63.2 Å². The molecule has 0 unspecified atom stereocenters. The second kappa shape index (κ2) is 8.83. The molecule has 1 N–H and O–H groups in total. The first kappa shape index (κ1) is 20.5. The third kappa shape index (κ3) is 4.59. The van der Waals surface area contributed by atoms with Crippen molar-refractivity contribution in [2.24, 2.45) is 7.05 Å². The Morgan fingerprint density at radius 3 is 2.89 bits per heavy atom. The zero-order valence-electron chi connectivity index (χ0n) is 16.4. The number of hydrogen-bond donors (Lipinski definition) is 1. The molecule has 1 amide bonds. The number of nitrogens with zero attached hydrogens (tertiary/aromatic N) is 4.